The van der Waals surface area contributed by atoms with E-state index in [-0.39, 0.29) is 31.4 Å². The Bertz CT molecular complexity index is 1070. The molecule has 35 heavy (non-hydrogen) atoms. The zero-order chi connectivity index (χ0) is 25.2. The Morgan fingerprint density at radius 2 is 1.60 bits per heavy atom. The van der Waals surface area contributed by atoms with E-state index in [0.717, 1.165) is 28.7 Å². The van der Waals surface area contributed by atoms with Crippen LogP contribution in [-0.2, 0) is 14.3 Å². The van der Waals surface area contributed by atoms with Gasteiger partial charge in [-0.25, -0.2) is 4.79 Å². The summed E-state index contributed by atoms with van der Waals surface area (Å²) in [6, 6.07) is 15.8. The number of carbonyl (C=O) groups excluding carboxylic acids is 2. The van der Waals surface area contributed by atoms with Gasteiger partial charge in [-0.3, -0.25) is 9.59 Å². The minimum atomic E-state index is -0.954. The molecule has 1 atom stereocenters. The number of benzene rings is 2. The number of hydrogen-bond donors (Lipinski definition) is 3. The van der Waals surface area contributed by atoms with E-state index in [0.29, 0.717) is 12.8 Å². The molecular weight excluding hydrogens is 444 g/mol. The number of carboxylic acids is 1. The van der Waals surface area contributed by atoms with Crippen molar-refractivity contribution < 1.29 is 24.2 Å². The van der Waals surface area contributed by atoms with Crippen molar-refractivity contribution in [2.45, 2.75) is 58.4 Å². The first-order valence-corrected chi connectivity index (χ1v) is 12.2. The summed E-state index contributed by atoms with van der Waals surface area (Å²) in [4.78, 5) is 37.1. The summed E-state index contributed by atoms with van der Waals surface area (Å²) < 4.78 is 5.61. The number of rotatable bonds is 8. The van der Waals surface area contributed by atoms with Crippen LogP contribution in [0.15, 0.2) is 48.5 Å². The average molecular weight is 479 g/mol. The monoisotopic (exact) mass is 478 g/mol. The normalized spacial score (nSPS) is 16.9. The van der Waals surface area contributed by atoms with Crippen LogP contribution >= 0.6 is 0 Å². The van der Waals surface area contributed by atoms with Gasteiger partial charge in [0.1, 0.15) is 6.61 Å². The van der Waals surface area contributed by atoms with Crippen LogP contribution in [-0.4, -0.2) is 42.3 Å². The molecule has 1 unspecified atom stereocenters. The van der Waals surface area contributed by atoms with Crippen molar-refractivity contribution in [3.8, 4) is 11.1 Å². The lowest BCUT2D eigenvalue weighted by Crippen LogP contribution is -2.56. The zero-order valence-corrected chi connectivity index (χ0v) is 20.6. The third kappa shape index (κ3) is 5.19. The van der Waals surface area contributed by atoms with Gasteiger partial charge in [-0.05, 0) is 40.5 Å². The van der Waals surface area contributed by atoms with Crippen molar-refractivity contribution in [1.82, 2.24) is 10.6 Å². The maximum Gasteiger partial charge on any atom is 0.407 e. The van der Waals surface area contributed by atoms with Crippen LogP contribution in [0.1, 0.15) is 63.5 Å². The number of ether oxygens (including phenoxy) is 1. The Labute approximate surface area is 206 Å². The molecule has 186 valence electrons. The van der Waals surface area contributed by atoms with Gasteiger partial charge in [0.05, 0.1) is 11.8 Å². The molecule has 0 saturated heterocycles. The van der Waals surface area contributed by atoms with Gasteiger partial charge in [-0.1, -0.05) is 75.7 Å². The number of nitrogens with one attached hydrogen (secondary N) is 2. The molecule has 0 heterocycles. The number of aliphatic carboxylic acids is 1. The van der Waals surface area contributed by atoms with E-state index in [1.54, 1.807) is 0 Å². The van der Waals surface area contributed by atoms with Crippen molar-refractivity contribution in [2.24, 2.45) is 10.8 Å². The number of amides is 2. The summed E-state index contributed by atoms with van der Waals surface area (Å²) in [6.45, 7) is 6.10. The quantitative estimate of drug-likeness (QED) is 0.510. The van der Waals surface area contributed by atoms with Crippen molar-refractivity contribution in [2.75, 3.05) is 13.2 Å². The van der Waals surface area contributed by atoms with Gasteiger partial charge < -0.3 is 20.5 Å². The Kier molecular flexibility index (Phi) is 6.88. The van der Waals surface area contributed by atoms with Gasteiger partial charge in [0.15, 0.2) is 0 Å². The smallest absolute Gasteiger partial charge is 0.407 e. The van der Waals surface area contributed by atoms with E-state index < -0.39 is 28.9 Å². The van der Waals surface area contributed by atoms with Crippen LogP contribution in [0.3, 0.4) is 0 Å². The van der Waals surface area contributed by atoms with Crippen LogP contribution in [0, 0.1) is 10.8 Å². The Balaban J connectivity index is 1.36. The third-order valence-corrected chi connectivity index (χ3v) is 7.44. The fourth-order valence-corrected chi connectivity index (χ4v) is 5.04. The van der Waals surface area contributed by atoms with Gasteiger partial charge >= 0.3 is 12.1 Å². The second kappa shape index (κ2) is 9.72. The first kappa shape index (κ1) is 24.8. The molecule has 3 N–H and O–H groups in total. The molecule has 0 aromatic heterocycles. The number of carboxylic acid groups (broad SMARTS) is 1. The van der Waals surface area contributed by atoms with E-state index in [9.17, 15) is 19.5 Å². The predicted molar refractivity (Wildman–Crippen MR) is 133 cm³/mol. The topological polar surface area (TPSA) is 105 Å². The van der Waals surface area contributed by atoms with Crippen LogP contribution in [0.4, 0.5) is 4.79 Å². The molecule has 2 aromatic rings. The Morgan fingerprint density at radius 3 is 2.09 bits per heavy atom. The molecule has 2 aliphatic carbocycles. The number of fused-ring (bicyclic) bond motifs is 3. The highest BCUT2D eigenvalue weighted by atomic mass is 16.5. The molecule has 4 rings (SSSR count). The summed E-state index contributed by atoms with van der Waals surface area (Å²) in [5.41, 5.74) is 3.48. The van der Waals surface area contributed by atoms with Gasteiger partial charge in [0.25, 0.3) is 0 Å². The van der Waals surface area contributed by atoms with E-state index in [1.807, 2.05) is 45.0 Å². The maximum atomic E-state index is 13.1. The Hall–Kier alpha value is -3.35. The van der Waals surface area contributed by atoms with Crippen molar-refractivity contribution in [1.29, 1.82) is 0 Å². The maximum absolute atomic E-state index is 13.1. The molecule has 1 saturated carbocycles. The van der Waals surface area contributed by atoms with Gasteiger partial charge in [-0.15, -0.1) is 0 Å². The van der Waals surface area contributed by atoms with Crippen molar-refractivity contribution >= 4 is 18.0 Å². The number of carbonyl (C=O) groups is 3. The first-order chi connectivity index (χ1) is 16.6. The van der Waals surface area contributed by atoms with Crippen LogP contribution in [0.5, 0.6) is 0 Å². The number of hydrogen-bond acceptors (Lipinski definition) is 4. The molecule has 2 amide bonds. The Morgan fingerprint density at radius 1 is 1.03 bits per heavy atom. The summed E-state index contributed by atoms with van der Waals surface area (Å²) in [6.07, 6.45) is 1.48. The van der Waals surface area contributed by atoms with E-state index in [1.165, 1.54) is 0 Å². The highest BCUT2D eigenvalue weighted by molar-refractivity contribution is 5.85. The van der Waals surface area contributed by atoms with Crippen molar-refractivity contribution in [3.05, 3.63) is 59.7 Å². The van der Waals surface area contributed by atoms with Crippen LogP contribution in [0.2, 0.25) is 0 Å². The largest absolute Gasteiger partial charge is 0.481 e. The lowest BCUT2D eigenvalue weighted by atomic mass is 9.67. The molecule has 7 heteroatoms. The highest BCUT2D eigenvalue weighted by Crippen LogP contribution is 2.44. The predicted octanol–water partition coefficient (Wildman–Crippen LogP) is 4.70. The minimum Gasteiger partial charge on any atom is -0.481 e. The zero-order valence-electron chi connectivity index (χ0n) is 20.6. The SMILES string of the molecule is CC(C)(C)C(CC(=O)O)NC(=O)C1(CNC(=O)OCC2c3ccccc3-c3ccccc32)CCC1. The third-order valence-electron chi connectivity index (χ3n) is 7.44. The first-order valence-electron chi connectivity index (χ1n) is 12.2. The lowest BCUT2D eigenvalue weighted by molar-refractivity contribution is -0.140. The highest BCUT2D eigenvalue weighted by Gasteiger charge is 2.46. The van der Waals surface area contributed by atoms with Crippen LogP contribution in [0.25, 0.3) is 11.1 Å². The average Bonchev–Trinajstić information content (AvgIpc) is 3.09. The van der Waals surface area contributed by atoms with Crippen LogP contribution < -0.4 is 10.6 Å². The summed E-state index contributed by atoms with van der Waals surface area (Å²) >= 11 is 0. The van der Waals surface area contributed by atoms with Gasteiger partial charge in [0.2, 0.25) is 5.91 Å². The minimum absolute atomic E-state index is 0.0299. The fraction of sp³-hybridized carbons (Fsp3) is 0.464. The molecule has 7 nitrogen and oxygen atoms in total. The van der Waals surface area contributed by atoms with E-state index in [2.05, 4.69) is 34.9 Å². The fourth-order valence-electron chi connectivity index (χ4n) is 5.04. The number of alkyl carbamates (subject to hydrolysis) is 1. The molecule has 1 fully saturated rings. The second-order valence-electron chi connectivity index (χ2n) is 10.8. The summed E-state index contributed by atoms with van der Waals surface area (Å²) in [7, 11) is 0. The molecule has 0 spiro atoms. The summed E-state index contributed by atoms with van der Waals surface area (Å²) in [5, 5.41) is 15.0. The van der Waals surface area contributed by atoms with Crippen molar-refractivity contribution in [3.63, 3.8) is 0 Å². The lowest BCUT2D eigenvalue weighted by Gasteiger charge is -2.42. The molecule has 2 aromatic carbocycles. The molecule has 2 aliphatic rings. The van der Waals surface area contributed by atoms with Gasteiger partial charge in [0, 0.05) is 18.5 Å². The van der Waals surface area contributed by atoms with E-state index in [4.69, 9.17) is 4.74 Å². The van der Waals surface area contributed by atoms with Gasteiger partial charge in [-0.2, -0.15) is 0 Å². The molecular formula is C28H34N2O5. The second-order valence-corrected chi connectivity index (χ2v) is 10.8. The molecule has 0 bridgehead atoms. The summed E-state index contributed by atoms with van der Waals surface area (Å²) in [5.74, 6) is -1.19. The van der Waals surface area contributed by atoms with E-state index >= 15 is 0 Å². The standard InChI is InChI=1S/C28H34N2O5/c1-27(2,3)23(15-24(31)32)30-25(33)28(13-8-14-28)17-29-26(34)35-16-22-20-11-6-4-9-18(20)19-10-5-7-12-21(19)22/h4-7,9-12,22-23H,8,13-17H2,1-3H3,(H,29,34)(H,30,33)(H,31,32). The molecule has 0 radical (unpaired) electrons. The molecule has 0 aliphatic heterocycles.